The first kappa shape index (κ1) is 11.3. The molecule has 14 heavy (non-hydrogen) atoms. The van der Waals surface area contributed by atoms with Crippen LogP contribution in [0, 0.1) is 0 Å². The number of hydrogen-bond donors (Lipinski definition) is 1. The lowest BCUT2D eigenvalue weighted by Gasteiger charge is -2.10. The zero-order valence-corrected chi connectivity index (χ0v) is 9.04. The molecule has 0 aliphatic carbocycles. The van der Waals surface area contributed by atoms with Crippen LogP contribution in [0.5, 0.6) is 0 Å². The lowest BCUT2D eigenvalue weighted by molar-refractivity contribution is 0.168. The summed E-state index contributed by atoms with van der Waals surface area (Å²) in [4.78, 5) is 0. The van der Waals surface area contributed by atoms with E-state index in [0.717, 1.165) is 24.0 Å². The van der Waals surface area contributed by atoms with E-state index in [9.17, 15) is 5.11 Å². The number of rotatable bonds is 4. The molecule has 1 nitrogen and oxygen atoms in total. The van der Waals surface area contributed by atoms with Gasteiger partial charge in [-0.3, -0.25) is 0 Å². The van der Waals surface area contributed by atoms with Gasteiger partial charge in [0.05, 0.1) is 6.10 Å². The van der Waals surface area contributed by atoms with Gasteiger partial charge in [0.15, 0.2) is 0 Å². The Kier molecular flexibility index (Phi) is 4.71. The topological polar surface area (TPSA) is 20.2 Å². The summed E-state index contributed by atoms with van der Waals surface area (Å²) in [6.07, 6.45) is 1.17. The molecule has 2 heteroatoms. The van der Waals surface area contributed by atoms with E-state index >= 15 is 0 Å². The molecule has 0 fully saturated rings. The van der Waals surface area contributed by atoms with Gasteiger partial charge in [0, 0.05) is 5.54 Å². The standard InChI is InChI=1S/C12H15ClO/c1-10(9-13)7-8-12(14)11-5-3-2-4-6-11/h2-6,9,12,14H,7-8H2,1H3/b10-9-. The molecule has 1 atom stereocenters. The lowest BCUT2D eigenvalue weighted by Crippen LogP contribution is -1.96. The molecule has 0 saturated carbocycles. The Morgan fingerprint density at radius 3 is 2.64 bits per heavy atom. The normalized spacial score (nSPS) is 14.1. The fourth-order valence-corrected chi connectivity index (χ4v) is 1.37. The highest BCUT2D eigenvalue weighted by atomic mass is 35.5. The van der Waals surface area contributed by atoms with Gasteiger partial charge < -0.3 is 5.11 Å². The van der Waals surface area contributed by atoms with Crippen LogP contribution in [0.4, 0.5) is 0 Å². The van der Waals surface area contributed by atoms with E-state index in [0.29, 0.717) is 0 Å². The van der Waals surface area contributed by atoms with Crippen LogP contribution in [-0.2, 0) is 0 Å². The third-order valence-corrected chi connectivity index (χ3v) is 2.56. The summed E-state index contributed by atoms with van der Waals surface area (Å²) in [6.45, 7) is 1.96. The van der Waals surface area contributed by atoms with Gasteiger partial charge >= 0.3 is 0 Å². The van der Waals surface area contributed by atoms with Crippen LogP contribution in [0.2, 0.25) is 0 Å². The Balaban J connectivity index is 2.47. The maximum atomic E-state index is 9.79. The molecule has 0 amide bonds. The fourth-order valence-electron chi connectivity index (χ4n) is 1.26. The summed E-state index contributed by atoms with van der Waals surface area (Å²) < 4.78 is 0. The van der Waals surface area contributed by atoms with Crippen LogP contribution >= 0.6 is 11.6 Å². The minimum absolute atomic E-state index is 0.386. The van der Waals surface area contributed by atoms with E-state index in [4.69, 9.17) is 11.6 Å². The number of benzene rings is 1. The van der Waals surface area contributed by atoms with Gasteiger partial charge in [-0.25, -0.2) is 0 Å². The smallest absolute Gasteiger partial charge is 0.0793 e. The highest BCUT2D eigenvalue weighted by Gasteiger charge is 2.05. The molecule has 0 aliphatic rings. The average molecular weight is 211 g/mol. The summed E-state index contributed by atoms with van der Waals surface area (Å²) in [5.74, 6) is 0. The van der Waals surface area contributed by atoms with E-state index in [1.54, 1.807) is 5.54 Å². The molecular formula is C12H15ClO. The second-order valence-electron chi connectivity index (χ2n) is 3.42. The first-order valence-corrected chi connectivity index (χ1v) is 5.16. The zero-order chi connectivity index (χ0) is 10.4. The highest BCUT2D eigenvalue weighted by Crippen LogP contribution is 2.20. The molecule has 1 aromatic carbocycles. The Hall–Kier alpha value is -0.790. The van der Waals surface area contributed by atoms with Crippen molar-refractivity contribution >= 4 is 11.6 Å². The van der Waals surface area contributed by atoms with Crippen molar-refractivity contribution in [3.8, 4) is 0 Å². The maximum Gasteiger partial charge on any atom is 0.0793 e. The Morgan fingerprint density at radius 2 is 2.07 bits per heavy atom. The maximum absolute atomic E-state index is 9.79. The van der Waals surface area contributed by atoms with Crippen molar-refractivity contribution in [1.82, 2.24) is 0 Å². The minimum Gasteiger partial charge on any atom is -0.388 e. The van der Waals surface area contributed by atoms with Gasteiger partial charge in [-0.1, -0.05) is 47.5 Å². The van der Waals surface area contributed by atoms with Crippen molar-refractivity contribution in [3.05, 3.63) is 47.0 Å². The summed E-state index contributed by atoms with van der Waals surface area (Å²) >= 11 is 5.54. The van der Waals surface area contributed by atoms with Crippen molar-refractivity contribution in [3.63, 3.8) is 0 Å². The van der Waals surface area contributed by atoms with Gasteiger partial charge in [0.2, 0.25) is 0 Å². The Morgan fingerprint density at radius 1 is 1.43 bits per heavy atom. The van der Waals surface area contributed by atoms with Gasteiger partial charge in [-0.15, -0.1) is 0 Å². The van der Waals surface area contributed by atoms with Gasteiger partial charge in [0.25, 0.3) is 0 Å². The molecule has 0 aliphatic heterocycles. The first-order valence-electron chi connectivity index (χ1n) is 4.73. The number of aliphatic hydroxyl groups excluding tert-OH is 1. The number of allylic oxidation sites excluding steroid dienone is 1. The highest BCUT2D eigenvalue weighted by molar-refractivity contribution is 6.25. The van der Waals surface area contributed by atoms with Crippen molar-refractivity contribution in [2.75, 3.05) is 0 Å². The van der Waals surface area contributed by atoms with Crippen molar-refractivity contribution in [2.45, 2.75) is 25.9 Å². The van der Waals surface area contributed by atoms with Crippen LogP contribution in [0.25, 0.3) is 0 Å². The largest absolute Gasteiger partial charge is 0.388 e. The van der Waals surface area contributed by atoms with Crippen molar-refractivity contribution in [1.29, 1.82) is 0 Å². The summed E-state index contributed by atoms with van der Waals surface area (Å²) in [7, 11) is 0. The average Bonchev–Trinajstić information content (AvgIpc) is 2.26. The lowest BCUT2D eigenvalue weighted by atomic mass is 10.0. The third kappa shape index (κ3) is 3.52. The summed E-state index contributed by atoms with van der Waals surface area (Å²) in [6, 6.07) is 9.68. The second kappa shape index (κ2) is 5.84. The molecule has 0 heterocycles. The molecule has 1 unspecified atom stereocenters. The van der Waals surface area contributed by atoms with Crippen LogP contribution < -0.4 is 0 Å². The molecule has 0 radical (unpaired) electrons. The van der Waals surface area contributed by atoms with E-state index < -0.39 is 0 Å². The van der Waals surface area contributed by atoms with Gasteiger partial charge in [-0.05, 0) is 25.3 Å². The predicted octanol–water partition coefficient (Wildman–Crippen LogP) is 3.64. The predicted molar refractivity (Wildman–Crippen MR) is 60.2 cm³/mol. The van der Waals surface area contributed by atoms with E-state index in [2.05, 4.69) is 0 Å². The minimum atomic E-state index is -0.386. The Labute approximate surface area is 90.0 Å². The van der Waals surface area contributed by atoms with Crippen LogP contribution in [0.3, 0.4) is 0 Å². The SMILES string of the molecule is C/C(=C/Cl)CCC(O)c1ccccc1. The van der Waals surface area contributed by atoms with E-state index in [-0.39, 0.29) is 6.10 Å². The zero-order valence-electron chi connectivity index (χ0n) is 8.28. The van der Waals surface area contributed by atoms with Gasteiger partial charge in [-0.2, -0.15) is 0 Å². The van der Waals surface area contributed by atoms with E-state index in [1.165, 1.54) is 0 Å². The van der Waals surface area contributed by atoms with E-state index in [1.807, 2.05) is 37.3 Å². The molecule has 76 valence electrons. The molecule has 0 spiro atoms. The quantitative estimate of drug-likeness (QED) is 0.805. The first-order chi connectivity index (χ1) is 6.74. The number of hydrogen-bond acceptors (Lipinski definition) is 1. The van der Waals surface area contributed by atoms with Crippen molar-refractivity contribution < 1.29 is 5.11 Å². The van der Waals surface area contributed by atoms with Crippen LogP contribution in [0.15, 0.2) is 41.4 Å². The van der Waals surface area contributed by atoms with Crippen molar-refractivity contribution in [2.24, 2.45) is 0 Å². The summed E-state index contributed by atoms with van der Waals surface area (Å²) in [5, 5.41) is 9.79. The molecule has 0 saturated heterocycles. The number of halogens is 1. The molecule has 1 rings (SSSR count). The molecular weight excluding hydrogens is 196 g/mol. The summed E-state index contributed by atoms with van der Waals surface area (Å²) in [5.41, 5.74) is 3.63. The van der Waals surface area contributed by atoms with Gasteiger partial charge in [0.1, 0.15) is 0 Å². The molecule has 0 aromatic heterocycles. The fraction of sp³-hybridized carbons (Fsp3) is 0.333. The molecule has 1 aromatic rings. The molecule has 1 N–H and O–H groups in total. The second-order valence-corrected chi connectivity index (χ2v) is 3.64. The monoisotopic (exact) mass is 210 g/mol. The third-order valence-electron chi connectivity index (χ3n) is 2.18. The number of aliphatic hydroxyl groups is 1. The van der Waals surface area contributed by atoms with Crippen LogP contribution in [0.1, 0.15) is 31.4 Å². The Bertz CT molecular complexity index is 292. The van der Waals surface area contributed by atoms with Crippen LogP contribution in [-0.4, -0.2) is 5.11 Å². The molecule has 0 bridgehead atoms.